The van der Waals surface area contributed by atoms with E-state index in [9.17, 15) is 0 Å². The van der Waals surface area contributed by atoms with E-state index >= 15 is 0 Å². The number of benzene rings is 2. The number of nitrogens with one attached hydrogen (secondary N) is 1. The summed E-state index contributed by atoms with van der Waals surface area (Å²) in [7, 11) is 1.69. The zero-order valence-electron chi connectivity index (χ0n) is 11.8. The van der Waals surface area contributed by atoms with Crippen molar-refractivity contribution in [2.75, 3.05) is 12.4 Å². The molecule has 0 saturated carbocycles. The van der Waals surface area contributed by atoms with E-state index < -0.39 is 0 Å². The van der Waals surface area contributed by atoms with E-state index in [1.54, 1.807) is 7.11 Å². The van der Waals surface area contributed by atoms with Crippen LogP contribution >= 0.6 is 0 Å². The second-order valence-electron chi connectivity index (χ2n) is 4.69. The molecule has 2 rings (SSSR count). The van der Waals surface area contributed by atoms with Gasteiger partial charge >= 0.3 is 0 Å². The Labute approximate surface area is 115 Å². The van der Waals surface area contributed by atoms with Crippen LogP contribution in [0.15, 0.2) is 48.5 Å². The van der Waals surface area contributed by atoms with E-state index in [1.807, 2.05) is 18.2 Å². The van der Waals surface area contributed by atoms with Gasteiger partial charge < -0.3 is 10.1 Å². The van der Waals surface area contributed by atoms with Crippen molar-refractivity contribution in [3.8, 4) is 5.75 Å². The molecule has 0 heterocycles. The van der Waals surface area contributed by atoms with Gasteiger partial charge in [-0.3, -0.25) is 0 Å². The Morgan fingerprint density at radius 3 is 2.47 bits per heavy atom. The summed E-state index contributed by atoms with van der Waals surface area (Å²) in [4.78, 5) is 0. The third kappa shape index (κ3) is 3.50. The molecular formula is C17H21NO. The molecule has 1 unspecified atom stereocenters. The van der Waals surface area contributed by atoms with Crippen molar-refractivity contribution < 1.29 is 4.74 Å². The van der Waals surface area contributed by atoms with Gasteiger partial charge in [-0.15, -0.1) is 0 Å². The smallest absolute Gasteiger partial charge is 0.120 e. The van der Waals surface area contributed by atoms with Crippen LogP contribution in [0.1, 0.15) is 31.0 Å². The van der Waals surface area contributed by atoms with Crippen LogP contribution in [0.5, 0.6) is 5.75 Å². The first-order chi connectivity index (χ1) is 9.22. The fourth-order valence-electron chi connectivity index (χ4n) is 2.09. The Bertz CT molecular complexity index is 519. The van der Waals surface area contributed by atoms with Gasteiger partial charge in [0.15, 0.2) is 0 Å². The minimum absolute atomic E-state index is 0.276. The third-order valence-corrected chi connectivity index (χ3v) is 3.34. The number of anilines is 1. The molecule has 19 heavy (non-hydrogen) atoms. The molecule has 1 N–H and O–H groups in total. The van der Waals surface area contributed by atoms with E-state index in [4.69, 9.17) is 4.74 Å². The van der Waals surface area contributed by atoms with Gasteiger partial charge in [-0.05, 0) is 36.6 Å². The van der Waals surface area contributed by atoms with Gasteiger partial charge in [0.05, 0.1) is 7.11 Å². The zero-order chi connectivity index (χ0) is 13.7. The summed E-state index contributed by atoms with van der Waals surface area (Å²) >= 11 is 0. The molecule has 0 aliphatic carbocycles. The normalized spacial score (nSPS) is 11.9. The minimum Gasteiger partial charge on any atom is -0.497 e. The third-order valence-electron chi connectivity index (χ3n) is 3.34. The molecule has 0 fully saturated rings. The fourth-order valence-corrected chi connectivity index (χ4v) is 2.09. The molecule has 0 aliphatic heterocycles. The van der Waals surface area contributed by atoms with Crippen LogP contribution in [0.3, 0.4) is 0 Å². The number of hydrogen-bond donors (Lipinski definition) is 1. The molecular weight excluding hydrogens is 234 g/mol. The van der Waals surface area contributed by atoms with Crippen molar-refractivity contribution in [2.45, 2.75) is 26.3 Å². The molecule has 0 aliphatic rings. The first-order valence-corrected chi connectivity index (χ1v) is 6.72. The predicted molar refractivity (Wildman–Crippen MR) is 80.9 cm³/mol. The first kappa shape index (κ1) is 13.5. The summed E-state index contributed by atoms with van der Waals surface area (Å²) in [5.41, 5.74) is 3.74. The second kappa shape index (κ2) is 6.28. The number of methoxy groups -OCH3 is 1. The molecule has 2 heteroatoms. The molecule has 0 radical (unpaired) electrons. The Kier molecular flexibility index (Phi) is 4.45. The lowest BCUT2D eigenvalue weighted by Gasteiger charge is -2.16. The molecule has 0 spiro atoms. The maximum atomic E-state index is 5.23. The molecule has 0 bridgehead atoms. The number of hydrogen-bond acceptors (Lipinski definition) is 2. The van der Waals surface area contributed by atoms with Gasteiger partial charge in [-0.25, -0.2) is 0 Å². The van der Waals surface area contributed by atoms with E-state index in [0.29, 0.717) is 0 Å². The highest BCUT2D eigenvalue weighted by atomic mass is 16.5. The zero-order valence-corrected chi connectivity index (χ0v) is 11.8. The predicted octanol–water partition coefficient (Wildman–Crippen LogP) is 4.43. The van der Waals surface area contributed by atoms with Gasteiger partial charge in [0.2, 0.25) is 0 Å². The topological polar surface area (TPSA) is 21.3 Å². The highest BCUT2D eigenvalue weighted by molar-refractivity contribution is 5.49. The quantitative estimate of drug-likeness (QED) is 0.853. The van der Waals surface area contributed by atoms with E-state index in [1.165, 1.54) is 11.1 Å². The van der Waals surface area contributed by atoms with E-state index in [-0.39, 0.29) is 6.04 Å². The average Bonchev–Trinajstić information content (AvgIpc) is 2.47. The second-order valence-corrected chi connectivity index (χ2v) is 4.69. The minimum atomic E-state index is 0.276. The molecule has 2 aromatic carbocycles. The average molecular weight is 255 g/mol. The molecule has 0 saturated heterocycles. The monoisotopic (exact) mass is 255 g/mol. The lowest BCUT2D eigenvalue weighted by Crippen LogP contribution is -2.06. The summed E-state index contributed by atoms with van der Waals surface area (Å²) in [5, 5.41) is 3.49. The lowest BCUT2D eigenvalue weighted by molar-refractivity contribution is 0.415. The number of aryl methyl sites for hydroxylation is 1. The van der Waals surface area contributed by atoms with Gasteiger partial charge in [0.1, 0.15) is 5.75 Å². The van der Waals surface area contributed by atoms with Gasteiger partial charge in [0.25, 0.3) is 0 Å². The maximum Gasteiger partial charge on any atom is 0.120 e. The standard InChI is InChI=1S/C17H21NO/c1-4-14-8-10-15(11-9-14)13(2)18-16-6-5-7-17(12-16)19-3/h5-13,18H,4H2,1-3H3. The summed E-state index contributed by atoms with van der Waals surface area (Å²) in [6.07, 6.45) is 1.08. The van der Waals surface area contributed by atoms with Crippen LogP contribution in [-0.4, -0.2) is 7.11 Å². The SMILES string of the molecule is CCc1ccc(C(C)Nc2cccc(OC)c2)cc1. The summed E-state index contributed by atoms with van der Waals surface area (Å²) in [6.45, 7) is 4.34. The lowest BCUT2D eigenvalue weighted by atomic mass is 10.0. The molecule has 2 nitrogen and oxygen atoms in total. The molecule has 0 amide bonds. The molecule has 2 aromatic rings. The Balaban J connectivity index is 2.08. The van der Waals surface area contributed by atoms with Crippen molar-refractivity contribution in [3.05, 3.63) is 59.7 Å². The highest BCUT2D eigenvalue weighted by Crippen LogP contribution is 2.22. The van der Waals surface area contributed by atoms with Crippen LogP contribution in [0.25, 0.3) is 0 Å². The van der Waals surface area contributed by atoms with Crippen LogP contribution in [0, 0.1) is 0 Å². The van der Waals surface area contributed by atoms with Crippen LogP contribution in [0.2, 0.25) is 0 Å². The summed E-state index contributed by atoms with van der Waals surface area (Å²) in [6, 6.07) is 17.1. The highest BCUT2D eigenvalue weighted by Gasteiger charge is 2.05. The first-order valence-electron chi connectivity index (χ1n) is 6.72. The summed E-state index contributed by atoms with van der Waals surface area (Å²) < 4.78 is 5.23. The van der Waals surface area contributed by atoms with Gasteiger partial charge in [-0.2, -0.15) is 0 Å². The van der Waals surface area contributed by atoms with Crippen molar-refractivity contribution >= 4 is 5.69 Å². The Morgan fingerprint density at radius 1 is 1.11 bits per heavy atom. The van der Waals surface area contributed by atoms with Crippen molar-refractivity contribution in [1.82, 2.24) is 0 Å². The van der Waals surface area contributed by atoms with Crippen molar-refractivity contribution in [2.24, 2.45) is 0 Å². The Hall–Kier alpha value is -1.96. The van der Waals surface area contributed by atoms with Gasteiger partial charge in [0, 0.05) is 17.8 Å². The molecule has 0 aromatic heterocycles. The van der Waals surface area contributed by atoms with Crippen molar-refractivity contribution in [3.63, 3.8) is 0 Å². The van der Waals surface area contributed by atoms with Gasteiger partial charge in [-0.1, -0.05) is 37.3 Å². The maximum absolute atomic E-state index is 5.23. The number of ether oxygens (including phenoxy) is 1. The molecule has 100 valence electrons. The van der Waals surface area contributed by atoms with Crippen LogP contribution < -0.4 is 10.1 Å². The summed E-state index contributed by atoms with van der Waals surface area (Å²) in [5.74, 6) is 0.874. The van der Waals surface area contributed by atoms with Crippen LogP contribution in [-0.2, 0) is 6.42 Å². The Morgan fingerprint density at radius 2 is 1.84 bits per heavy atom. The van der Waals surface area contributed by atoms with Crippen molar-refractivity contribution in [1.29, 1.82) is 0 Å². The fraction of sp³-hybridized carbons (Fsp3) is 0.294. The number of rotatable bonds is 5. The van der Waals surface area contributed by atoms with E-state index in [2.05, 4.69) is 49.5 Å². The largest absolute Gasteiger partial charge is 0.497 e. The molecule has 1 atom stereocenters. The van der Waals surface area contributed by atoms with E-state index in [0.717, 1.165) is 17.9 Å². The van der Waals surface area contributed by atoms with Crippen LogP contribution in [0.4, 0.5) is 5.69 Å².